The van der Waals surface area contributed by atoms with Gasteiger partial charge in [-0.25, -0.2) is 4.79 Å². The zero-order chi connectivity index (χ0) is 12.7. The van der Waals surface area contributed by atoms with E-state index in [0.29, 0.717) is 12.8 Å². The Morgan fingerprint density at radius 3 is 2.53 bits per heavy atom. The Balaban J connectivity index is 2.23. The maximum atomic E-state index is 11.6. The van der Waals surface area contributed by atoms with Crippen molar-refractivity contribution in [3.8, 4) is 0 Å². The SMILES string of the molecule is CCC[C@H](NC(=O)CCN1CCCC1)C(=O)O. The average molecular weight is 242 g/mol. The van der Waals surface area contributed by atoms with Gasteiger partial charge in [-0.2, -0.15) is 0 Å². The normalized spacial score (nSPS) is 17.9. The highest BCUT2D eigenvalue weighted by molar-refractivity contribution is 5.83. The molecule has 0 aliphatic carbocycles. The monoisotopic (exact) mass is 242 g/mol. The molecule has 0 aromatic rings. The van der Waals surface area contributed by atoms with E-state index in [4.69, 9.17) is 5.11 Å². The van der Waals surface area contributed by atoms with E-state index in [0.717, 1.165) is 26.1 Å². The van der Waals surface area contributed by atoms with Crippen LogP contribution in [0.1, 0.15) is 39.0 Å². The number of likely N-dealkylation sites (tertiary alicyclic amines) is 1. The lowest BCUT2D eigenvalue weighted by Gasteiger charge is -2.16. The molecule has 0 spiro atoms. The molecule has 0 radical (unpaired) electrons. The number of rotatable bonds is 7. The smallest absolute Gasteiger partial charge is 0.326 e. The molecule has 98 valence electrons. The van der Waals surface area contributed by atoms with Crippen LogP contribution in [0.3, 0.4) is 0 Å². The second-order valence-corrected chi connectivity index (χ2v) is 4.55. The molecule has 5 nitrogen and oxygen atoms in total. The fourth-order valence-corrected chi connectivity index (χ4v) is 2.08. The summed E-state index contributed by atoms with van der Waals surface area (Å²) in [5.74, 6) is -1.10. The predicted molar refractivity (Wildman–Crippen MR) is 64.8 cm³/mol. The van der Waals surface area contributed by atoms with Gasteiger partial charge < -0.3 is 15.3 Å². The highest BCUT2D eigenvalue weighted by Gasteiger charge is 2.19. The zero-order valence-corrected chi connectivity index (χ0v) is 10.4. The molecule has 1 fully saturated rings. The lowest BCUT2D eigenvalue weighted by molar-refractivity contribution is -0.142. The summed E-state index contributed by atoms with van der Waals surface area (Å²) in [6.07, 6.45) is 4.05. The molecule has 1 aliphatic heterocycles. The topological polar surface area (TPSA) is 69.6 Å². The third-order valence-electron chi connectivity index (χ3n) is 3.06. The third-order valence-corrected chi connectivity index (χ3v) is 3.06. The molecule has 1 rings (SSSR count). The summed E-state index contributed by atoms with van der Waals surface area (Å²) in [7, 11) is 0. The number of hydrogen-bond acceptors (Lipinski definition) is 3. The first-order valence-corrected chi connectivity index (χ1v) is 6.38. The van der Waals surface area contributed by atoms with Crippen LogP contribution in [-0.2, 0) is 9.59 Å². The van der Waals surface area contributed by atoms with Crippen molar-refractivity contribution in [2.24, 2.45) is 0 Å². The fraction of sp³-hybridized carbons (Fsp3) is 0.833. The molecule has 1 saturated heterocycles. The summed E-state index contributed by atoms with van der Waals surface area (Å²) in [5.41, 5.74) is 0. The van der Waals surface area contributed by atoms with Gasteiger partial charge in [-0.1, -0.05) is 13.3 Å². The van der Waals surface area contributed by atoms with E-state index in [1.54, 1.807) is 0 Å². The van der Waals surface area contributed by atoms with Crippen molar-refractivity contribution in [1.82, 2.24) is 10.2 Å². The maximum Gasteiger partial charge on any atom is 0.326 e. The quantitative estimate of drug-likeness (QED) is 0.694. The van der Waals surface area contributed by atoms with Crippen molar-refractivity contribution < 1.29 is 14.7 Å². The molecule has 1 atom stereocenters. The van der Waals surface area contributed by atoms with Crippen LogP contribution in [0.5, 0.6) is 0 Å². The number of carbonyl (C=O) groups is 2. The van der Waals surface area contributed by atoms with Gasteiger partial charge in [-0.15, -0.1) is 0 Å². The fourth-order valence-electron chi connectivity index (χ4n) is 2.08. The Morgan fingerprint density at radius 1 is 1.35 bits per heavy atom. The van der Waals surface area contributed by atoms with Gasteiger partial charge in [0, 0.05) is 13.0 Å². The molecule has 0 saturated carbocycles. The van der Waals surface area contributed by atoms with Crippen molar-refractivity contribution in [3.05, 3.63) is 0 Å². The third kappa shape index (κ3) is 5.17. The molecule has 0 aromatic carbocycles. The Hall–Kier alpha value is -1.10. The van der Waals surface area contributed by atoms with E-state index < -0.39 is 12.0 Å². The molecule has 2 N–H and O–H groups in total. The summed E-state index contributed by atoms with van der Waals surface area (Å²) in [4.78, 5) is 24.7. The van der Waals surface area contributed by atoms with Gasteiger partial charge in [-0.05, 0) is 32.4 Å². The van der Waals surface area contributed by atoms with Crippen LogP contribution in [0.15, 0.2) is 0 Å². The van der Waals surface area contributed by atoms with Crippen LogP contribution in [0, 0.1) is 0 Å². The highest BCUT2D eigenvalue weighted by Crippen LogP contribution is 2.07. The second kappa shape index (κ2) is 7.27. The van der Waals surface area contributed by atoms with E-state index in [2.05, 4.69) is 10.2 Å². The molecule has 0 aromatic heterocycles. The maximum absolute atomic E-state index is 11.6. The van der Waals surface area contributed by atoms with Crippen molar-refractivity contribution in [1.29, 1.82) is 0 Å². The average Bonchev–Trinajstić information content (AvgIpc) is 2.78. The zero-order valence-electron chi connectivity index (χ0n) is 10.4. The van der Waals surface area contributed by atoms with Crippen LogP contribution in [0.4, 0.5) is 0 Å². The second-order valence-electron chi connectivity index (χ2n) is 4.55. The molecule has 0 unspecified atom stereocenters. The summed E-state index contributed by atoms with van der Waals surface area (Å²) >= 11 is 0. The number of nitrogens with zero attached hydrogens (tertiary/aromatic N) is 1. The summed E-state index contributed by atoms with van der Waals surface area (Å²) in [6.45, 7) is 4.77. The van der Waals surface area contributed by atoms with Crippen LogP contribution < -0.4 is 5.32 Å². The molecule has 17 heavy (non-hydrogen) atoms. The van der Waals surface area contributed by atoms with Gasteiger partial charge in [0.2, 0.25) is 5.91 Å². The lowest BCUT2D eigenvalue weighted by atomic mass is 10.1. The number of nitrogens with one attached hydrogen (secondary N) is 1. The van der Waals surface area contributed by atoms with Crippen molar-refractivity contribution in [2.45, 2.75) is 45.1 Å². The first kappa shape index (κ1) is 14.0. The first-order chi connectivity index (χ1) is 8.13. The molecule has 1 aliphatic rings. The van der Waals surface area contributed by atoms with Crippen LogP contribution in [-0.4, -0.2) is 47.6 Å². The largest absolute Gasteiger partial charge is 0.480 e. The van der Waals surface area contributed by atoms with Gasteiger partial charge in [0.25, 0.3) is 0 Å². The molecular weight excluding hydrogens is 220 g/mol. The minimum absolute atomic E-state index is 0.155. The van der Waals surface area contributed by atoms with Crippen LogP contribution in [0.2, 0.25) is 0 Å². The number of amides is 1. The standard InChI is InChI=1S/C12H22N2O3/c1-2-5-10(12(16)17)13-11(15)6-9-14-7-3-4-8-14/h10H,2-9H2,1H3,(H,13,15)(H,16,17)/t10-/m0/s1. The van der Waals surface area contributed by atoms with Crippen molar-refractivity contribution in [2.75, 3.05) is 19.6 Å². The summed E-state index contributed by atoms with van der Waals surface area (Å²) in [6, 6.07) is -0.730. The van der Waals surface area contributed by atoms with Gasteiger partial charge in [0.15, 0.2) is 0 Å². The van der Waals surface area contributed by atoms with Crippen LogP contribution >= 0.6 is 0 Å². The molecule has 5 heteroatoms. The van der Waals surface area contributed by atoms with E-state index in [1.165, 1.54) is 12.8 Å². The Morgan fingerprint density at radius 2 is 2.00 bits per heavy atom. The number of carboxylic acid groups (broad SMARTS) is 1. The Kier molecular flexibility index (Phi) is 5.97. The molecule has 1 amide bonds. The summed E-state index contributed by atoms with van der Waals surface area (Å²) in [5, 5.41) is 11.5. The molecular formula is C12H22N2O3. The number of carbonyl (C=O) groups excluding carboxylic acids is 1. The van der Waals surface area contributed by atoms with Gasteiger partial charge >= 0.3 is 5.97 Å². The van der Waals surface area contributed by atoms with Gasteiger partial charge in [0.1, 0.15) is 6.04 Å². The van der Waals surface area contributed by atoms with Crippen LogP contribution in [0.25, 0.3) is 0 Å². The lowest BCUT2D eigenvalue weighted by Crippen LogP contribution is -2.41. The van der Waals surface area contributed by atoms with E-state index >= 15 is 0 Å². The minimum Gasteiger partial charge on any atom is -0.480 e. The van der Waals surface area contributed by atoms with E-state index in [1.807, 2.05) is 6.92 Å². The van der Waals surface area contributed by atoms with E-state index in [-0.39, 0.29) is 5.91 Å². The minimum atomic E-state index is -0.943. The predicted octanol–water partition coefficient (Wildman–Crippen LogP) is 0.842. The Bertz CT molecular complexity index is 262. The van der Waals surface area contributed by atoms with Crippen molar-refractivity contribution in [3.63, 3.8) is 0 Å². The van der Waals surface area contributed by atoms with E-state index in [9.17, 15) is 9.59 Å². The number of carboxylic acids is 1. The first-order valence-electron chi connectivity index (χ1n) is 6.38. The number of hydrogen-bond donors (Lipinski definition) is 2. The van der Waals surface area contributed by atoms with Gasteiger partial charge in [0.05, 0.1) is 0 Å². The van der Waals surface area contributed by atoms with Crippen molar-refractivity contribution >= 4 is 11.9 Å². The Labute approximate surface area is 102 Å². The summed E-state index contributed by atoms with van der Waals surface area (Å²) < 4.78 is 0. The number of aliphatic carboxylic acids is 1. The van der Waals surface area contributed by atoms with Gasteiger partial charge in [-0.3, -0.25) is 4.79 Å². The molecule has 0 bridgehead atoms. The highest BCUT2D eigenvalue weighted by atomic mass is 16.4. The molecule has 1 heterocycles.